The number of halogens is 1. The molecule has 1 N–H and O–H groups in total. The number of nitrogens with one attached hydrogen (secondary N) is 1. The fraction of sp³-hybridized carbons (Fsp3) is 0.308. The molecule has 192 valence electrons. The van der Waals surface area contributed by atoms with Gasteiger partial charge in [-0.25, -0.2) is 18.4 Å². The van der Waals surface area contributed by atoms with Gasteiger partial charge in [-0.15, -0.1) is 0 Å². The van der Waals surface area contributed by atoms with Crippen LogP contribution < -0.4 is 10.2 Å². The number of benzene rings is 2. The average Bonchev–Trinajstić information content (AvgIpc) is 3.49. The standard InChI is InChI=1S/C26H26ClN5O4S/c1-16(33)32-15-18-12-21(37(2,35)36)8-9-22(18)24(32)25(34)30-20-13-28-26(29-14-20)31-10-4-7-23(31)17-5-3-6-19(27)11-17/h3,5-6,8-9,11-14,23-24H,4,7,10,15H2,1-2H3,(H,30,34)/t23-,24+/m0/s1. The van der Waals surface area contributed by atoms with Crippen LogP contribution in [-0.4, -0.2) is 47.9 Å². The van der Waals surface area contributed by atoms with Crippen molar-refractivity contribution in [1.29, 1.82) is 0 Å². The van der Waals surface area contributed by atoms with Crippen LogP contribution in [0.25, 0.3) is 0 Å². The van der Waals surface area contributed by atoms with Crippen LogP contribution in [0.1, 0.15) is 48.5 Å². The van der Waals surface area contributed by atoms with Crippen LogP contribution in [0.5, 0.6) is 0 Å². The second kappa shape index (κ2) is 9.75. The van der Waals surface area contributed by atoms with Gasteiger partial charge in [-0.05, 0) is 53.8 Å². The summed E-state index contributed by atoms with van der Waals surface area (Å²) in [6.45, 7) is 2.35. The molecule has 0 radical (unpaired) electrons. The first kappa shape index (κ1) is 25.2. The third kappa shape index (κ3) is 5.03. The Balaban J connectivity index is 1.35. The number of sulfone groups is 1. The second-order valence-electron chi connectivity index (χ2n) is 9.35. The van der Waals surface area contributed by atoms with E-state index in [0.717, 1.165) is 31.2 Å². The van der Waals surface area contributed by atoms with Crippen LogP contribution in [0.15, 0.2) is 59.8 Å². The molecule has 0 aliphatic carbocycles. The maximum absolute atomic E-state index is 13.3. The first-order valence-electron chi connectivity index (χ1n) is 11.9. The molecule has 0 spiro atoms. The number of anilines is 2. The van der Waals surface area contributed by atoms with Gasteiger partial charge in [0.25, 0.3) is 5.91 Å². The van der Waals surface area contributed by atoms with Crippen LogP contribution in [0.2, 0.25) is 5.02 Å². The number of amides is 2. The van der Waals surface area contributed by atoms with Crippen LogP contribution >= 0.6 is 11.6 Å². The lowest BCUT2D eigenvalue weighted by molar-refractivity contribution is -0.136. The molecule has 5 rings (SSSR count). The number of carbonyl (C=O) groups excluding carboxylic acids is 2. The topological polar surface area (TPSA) is 113 Å². The summed E-state index contributed by atoms with van der Waals surface area (Å²) in [4.78, 5) is 38.3. The van der Waals surface area contributed by atoms with E-state index in [1.165, 1.54) is 24.0 Å². The highest BCUT2D eigenvalue weighted by Gasteiger charge is 2.38. The zero-order chi connectivity index (χ0) is 26.3. The van der Waals surface area contributed by atoms with Crippen LogP contribution in [0.3, 0.4) is 0 Å². The SMILES string of the molecule is CC(=O)N1Cc2cc(S(C)(=O)=O)ccc2[C@@H]1C(=O)Nc1cnc(N2CCC[C@H]2c2cccc(Cl)c2)nc1. The van der Waals surface area contributed by atoms with Gasteiger partial charge in [0.05, 0.1) is 29.0 Å². The minimum Gasteiger partial charge on any atom is -0.334 e. The molecular weight excluding hydrogens is 514 g/mol. The van der Waals surface area contributed by atoms with E-state index in [4.69, 9.17) is 11.6 Å². The number of aromatic nitrogens is 2. The fourth-order valence-corrected chi connectivity index (χ4v) is 5.92. The highest BCUT2D eigenvalue weighted by molar-refractivity contribution is 7.90. The smallest absolute Gasteiger partial charge is 0.251 e. The van der Waals surface area contributed by atoms with E-state index < -0.39 is 21.8 Å². The van der Waals surface area contributed by atoms with Crippen LogP contribution in [0.4, 0.5) is 11.6 Å². The summed E-state index contributed by atoms with van der Waals surface area (Å²) in [5, 5.41) is 3.49. The highest BCUT2D eigenvalue weighted by Crippen LogP contribution is 2.37. The van der Waals surface area contributed by atoms with Gasteiger partial charge in [0.2, 0.25) is 11.9 Å². The maximum atomic E-state index is 13.3. The van der Waals surface area contributed by atoms with E-state index in [2.05, 4.69) is 20.2 Å². The minimum atomic E-state index is -3.41. The Morgan fingerprint density at radius 3 is 2.54 bits per heavy atom. The molecule has 3 aromatic rings. The van der Waals surface area contributed by atoms with Crippen molar-refractivity contribution in [3.8, 4) is 0 Å². The van der Waals surface area contributed by atoms with Crippen molar-refractivity contribution in [2.45, 2.75) is 43.3 Å². The molecule has 9 nitrogen and oxygen atoms in total. The van der Waals surface area contributed by atoms with Crippen molar-refractivity contribution >= 4 is 44.9 Å². The van der Waals surface area contributed by atoms with Gasteiger partial charge < -0.3 is 15.1 Å². The van der Waals surface area contributed by atoms with Crippen LogP contribution in [0, 0.1) is 0 Å². The van der Waals surface area contributed by atoms with Gasteiger partial charge in [0.1, 0.15) is 6.04 Å². The summed E-state index contributed by atoms with van der Waals surface area (Å²) in [7, 11) is -3.41. The molecule has 0 saturated carbocycles. The van der Waals surface area contributed by atoms with Crippen molar-refractivity contribution in [2.75, 3.05) is 23.0 Å². The molecule has 1 saturated heterocycles. The number of hydrogen-bond donors (Lipinski definition) is 1. The van der Waals surface area contributed by atoms with Gasteiger partial charge in [-0.2, -0.15) is 0 Å². The summed E-state index contributed by atoms with van der Waals surface area (Å²) in [5.74, 6) is -0.148. The number of hydrogen-bond acceptors (Lipinski definition) is 7. The molecule has 3 heterocycles. The van der Waals surface area contributed by atoms with E-state index in [9.17, 15) is 18.0 Å². The fourth-order valence-electron chi connectivity index (χ4n) is 5.05. The van der Waals surface area contributed by atoms with E-state index in [1.54, 1.807) is 18.5 Å². The quantitative estimate of drug-likeness (QED) is 0.523. The molecule has 2 aromatic carbocycles. The Morgan fingerprint density at radius 2 is 1.86 bits per heavy atom. The highest BCUT2D eigenvalue weighted by atomic mass is 35.5. The maximum Gasteiger partial charge on any atom is 0.251 e. The van der Waals surface area contributed by atoms with Crippen LogP contribution in [-0.2, 0) is 26.0 Å². The molecule has 0 bridgehead atoms. The predicted octanol–water partition coefficient (Wildman–Crippen LogP) is 3.92. The van der Waals surface area contributed by atoms with Gasteiger partial charge in [0.15, 0.2) is 9.84 Å². The summed E-state index contributed by atoms with van der Waals surface area (Å²) in [5.41, 5.74) is 2.73. The third-order valence-electron chi connectivity index (χ3n) is 6.79. The zero-order valence-electron chi connectivity index (χ0n) is 20.4. The molecule has 1 fully saturated rings. The molecule has 2 amide bonds. The Hall–Kier alpha value is -3.50. The van der Waals surface area contributed by atoms with Gasteiger partial charge in [-0.3, -0.25) is 9.59 Å². The third-order valence-corrected chi connectivity index (χ3v) is 8.14. The van der Waals surface area contributed by atoms with Crippen molar-refractivity contribution < 1.29 is 18.0 Å². The van der Waals surface area contributed by atoms with Gasteiger partial charge in [-0.1, -0.05) is 29.8 Å². The van der Waals surface area contributed by atoms with E-state index in [1.807, 2.05) is 24.3 Å². The van der Waals surface area contributed by atoms with Gasteiger partial charge in [0, 0.05) is 31.3 Å². The molecule has 0 unspecified atom stereocenters. The minimum absolute atomic E-state index is 0.120. The largest absolute Gasteiger partial charge is 0.334 e. The predicted molar refractivity (Wildman–Crippen MR) is 140 cm³/mol. The Bertz CT molecular complexity index is 1480. The Kier molecular flexibility index (Phi) is 6.63. The lowest BCUT2D eigenvalue weighted by Crippen LogP contribution is -2.35. The number of rotatable bonds is 5. The Labute approximate surface area is 220 Å². The first-order valence-corrected chi connectivity index (χ1v) is 14.1. The molecule has 37 heavy (non-hydrogen) atoms. The molecule has 2 aliphatic heterocycles. The van der Waals surface area contributed by atoms with Crippen molar-refractivity contribution in [3.05, 3.63) is 76.6 Å². The number of carbonyl (C=O) groups is 2. The normalized spacial score (nSPS) is 19.1. The number of nitrogens with zero attached hydrogens (tertiary/aromatic N) is 4. The van der Waals surface area contributed by atoms with Crippen molar-refractivity contribution in [2.24, 2.45) is 0 Å². The molecular formula is C26H26ClN5O4S. The second-order valence-corrected chi connectivity index (χ2v) is 11.8. The summed E-state index contributed by atoms with van der Waals surface area (Å²) >= 11 is 6.19. The molecule has 1 aromatic heterocycles. The van der Waals surface area contributed by atoms with E-state index in [-0.39, 0.29) is 23.4 Å². The van der Waals surface area contributed by atoms with E-state index in [0.29, 0.717) is 27.8 Å². The van der Waals surface area contributed by atoms with Gasteiger partial charge >= 0.3 is 0 Å². The van der Waals surface area contributed by atoms with Crippen molar-refractivity contribution in [3.63, 3.8) is 0 Å². The molecule has 2 aliphatic rings. The lowest BCUT2D eigenvalue weighted by atomic mass is 10.0. The number of fused-ring (bicyclic) bond motifs is 1. The first-order chi connectivity index (χ1) is 17.6. The summed E-state index contributed by atoms with van der Waals surface area (Å²) < 4.78 is 23.9. The van der Waals surface area contributed by atoms with E-state index >= 15 is 0 Å². The molecule has 11 heteroatoms. The molecule has 2 atom stereocenters. The Morgan fingerprint density at radius 1 is 1.11 bits per heavy atom. The summed E-state index contributed by atoms with van der Waals surface area (Å²) in [6.07, 6.45) is 6.19. The zero-order valence-corrected chi connectivity index (χ0v) is 22.0. The van der Waals surface area contributed by atoms with Crippen molar-refractivity contribution in [1.82, 2.24) is 14.9 Å². The monoisotopic (exact) mass is 539 g/mol. The summed E-state index contributed by atoms with van der Waals surface area (Å²) in [6, 6.07) is 11.6. The lowest BCUT2D eigenvalue weighted by Gasteiger charge is -2.25. The average molecular weight is 540 g/mol.